The molecule has 2 heterocycles. The van der Waals surface area contributed by atoms with Crippen molar-refractivity contribution in [1.29, 1.82) is 0 Å². The van der Waals surface area contributed by atoms with Crippen molar-refractivity contribution in [1.82, 2.24) is 19.5 Å². The number of rotatable bonds is 4. The van der Waals surface area contributed by atoms with Crippen LogP contribution < -0.4 is 5.32 Å². The maximum atomic E-state index is 12.8. The Bertz CT molecular complexity index is 960. The summed E-state index contributed by atoms with van der Waals surface area (Å²) < 4.78 is 64.7. The molecule has 2 amide bonds. The van der Waals surface area contributed by atoms with Crippen molar-refractivity contribution in [3.8, 4) is 0 Å². The van der Waals surface area contributed by atoms with E-state index < -0.39 is 27.8 Å². The molecule has 0 radical (unpaired) electrons. The predicted molar refractivity (Wildman–Crippen MR) is 98.2 cm³/mol. The van der Waals surface area contributed by atoms with Gasteiger partial charge in [-0.2, -0.15) is 17.5 Å². The van der Waals surface area contributed by atoms with Gasteiger partial charge < -0.3 is 10.2 Å². The van der Waals surface area contributed by atoms with E-state index in [-0.39, 0.29) is 37.6 Å². The average molecular weight is 428 g/mol. The fraction of sp³-hybridized carbons (Fsp3) is 0.333. The van der Waals surface area contributed by atoms with Gasteiger partial charge in [-0.3, -0.25) is 4.98 Å². The lowest BCUT2D eigenvalue weighted by molar-refractivity contribution is -0.137. The Balaban J connectivity index is 1.54. The van der Waals surface area contributed by atoms with Gasteiger partial charge in [0.1, 0.15) is 4.90 Å². The summed E-state index contributed by atoms with van der Waals surface area (Å²) in [6, 6.07) is 7.26. The van der Waals surface area contributed by atoms with E-state index in [9.17, 15) is 26.4 Å². The Kier molecular flexibility index (Phi) is 6.08. The normalized spacial score (nSPS) is 15.9. The Morgan fingerprint density at radius 2 is 1.83 bits per heavy atom. The first kappa shape index (κ1) is 21.1. The first-order chi connectivity index (χ1) is 13.7. The van der Waals surface area contributed by atoms with Crippen molar-refractivity contribution in [3.63, 3.8) is 0 Å². The first-order valence-corrected chi connectivity index (χ1v) is 10.2. The van der Waals surface area contributed by atoms with Crippen LogP contribution in [0.15, 0.2) is 53.7 Å². The van der Waals surface area contributed by atoms with E-state index in [2.05, 4.69) is 10.3 Å². The van der Waals surface area contributed by atoms with Crippen LogP contribution in [0, 0.1) is 0 Å². The summed E-state index contributed by atoms with van der Waals surface area (Å²) >= 11 is 0. The fourth-order valence-electron chi connectivity index (χ4n) is 2.93. The van der Waals surface area contributed by atoms with E-state index in [0.29, 0.717) is 5.56 Å². The topological polar surface area (TPSA) is 82.6 Å². The van der Waals surface area contributed by atoms with Gasteiger partial charge in [-0.25, -0.2) is 13.2 Å². The molecule has 0 spiro atoms. The number of hydrogen-bond donors (Lipinski definition) is 1. The summed E-state index contributed by atoms with van der Waals surface area (Å²) in [4.78, 5) is 17.6. The molecule has 1 fully saturated rings. The molecule has 1 aliphatic rings. The minimum Gasteiger partial charge on any atom is -0.334 e. The van der Waals surface area contributed by atoms with Crippen LogP contribution in [-0.2, 0) is 22.7 Å². The summed E-state index contributed by atoms with van der Waals surface area (Å²) in [5.41, 5.74) is -0.454. The van der Waals surface area contributed by atoms with Crippen LogP contribution >= 0.6 is 0 Å². The molecule has 1 aromatic heterocycles. The summed E-state index contributed by atoms with van der Waals surface area (Å²) in [5.74, 6) is 0. The summed E-state index contributed by atoms with van der Waals surface area (Å²) in [7, 11) is -3.68. The minimum absolute atomic E-state index is 0.0586. The Morgan fingerprint density at radius 3 is 2.45 bits per heavy atom. The molecular weight excluding hydrogens is 409 g/mol. The molecule has 0 unspecified atom stereocenters. The summed E-state index contributed by atoms with van der Waals surface area (Å²) in [5, 5.41) is 2.57. The largest absolute Gasteiger partial charge is 0.416 e. The first-order valence-electron chi connectivity index (χ1n) is 8.77. The highest BCUT2D eigenvalue weighted by atomic mass is 32.2. The fourth-order valence-corrected chi connectivity index (χ4v) is 4.31. The maximum Gasteiger partial charge on any atom is 0.416 e. The molecule has 3 rings (SSSR count). The van der Waals surface area contributed by atoms with Crippen LogP contribution in [0.1, 0.15) is 11.1 Å². The van der Waals surface area contributed by atoms with E-state index in [1.165, 1.54) is 45.9 Å². The third-order valence-electron chi connectivity index (χ3n) is 4.50. The van der Waals surface area contributed by atoms with Gasteiger partial charge in [0.15, 0.2) is 0 Å². The van der Waals surface area contributed by atoms with Crippen LogP contribution in [-0.4, -0.2) is 54.8 Å². The average Bonchev–Trinajstić information content (AvgIpc) is 2.72. The molecular formula is C18H19F3N4O3S. The monoisotopic (exact) mass is 428 g/mol. The maximum absolute atomic E-state index is 12.8. The Hall–Kier alpha value is -2.66. The highest BCUT2D eigenvalue weighted by Crippen LogP contribution is 2.29. The van der Waals surface area contributed by atoms with Crippen LogP contribution in [0.25, 0.3) is 0 Å². The molecule has 2 aromatic rings. The second-order valence-electron chi connectivity index (χ2n) is 6.44. The molecule has 1 aromatic carbocycles. The van der Waals surface area contributed by atoms with Gasteiger partial charge in [0.25, 0.3) is 0 Å². The van der Waals surface area contributed by atoms with Crippen molar-refractivity contribution in [2.75, 3.05) is 26.2 Å². The van der Waals surface area contributed by atoms with Gasteiger partial charge in [0.2, 0.25) is 10.0 Å². The lowest BCUT2D eigenvalue weighted by Gasteiger charge is -2.33. The minimum atomic E-state index is -4.45. The van der Waals surface area contributed by atoms with Gasteiger partial charge in [-0.15, -0.1) is 0 Å². The molecule has 7 nitrogen and oxygen atoms in total. The number of hydrogen-bond acceptors (Lipinski definition) is 4. The van der Waals surface area contributed by atoms with Crippen LogP contribution in [0.3, 0.4) is 0 Å². The Labute approximate surface area is 166 Å². The molecule has 0 bridgehead atoms. The van der Waals surface area contributed by atoms with Crippen LogP contribution in [0.5, 0.6) is 0 Å². The van der Waals surface area contributed by atoms with Gasteiger partial charge in [-0.05, 0) is 29.8 Å². The van der Waals surface area contributed by atoms with Crippen molar-refractivity contribution >= 4 is 16.1 Å². The molecule has 11 heteroatoms. The molecule has 156 valence electrons. The highest BCUT2D eigenvalue weighted by Gasteiger charge is 2.31. The lowest BCUT2D eigenvalue weighted by atomic mass is 10.1. The number of nitrogens with zero attached hydrogens (tertiary/aromatic N) is 3. The van der Waals surface area contributed by atoms with Crippen LogP contribution in [0.4, 0.5) is 18.0 Å². The third kappa shape index (κ3) is 5.04. The second-order valence-corrected chi connectivity index (χ2v) is 8.37. The number of sulfonamides is 1. The van der Waals surface area contributed by atoms with E-state index >= 15 is 0 Å². The summed E-state index contributed by atoms with van der Waals surface area (Å²) in [6.07, 6.45) is -1.70. The van der Waals surface area contributed by atoms with Crippen molar-refractivity contribution in [2.24, 2.45) is 0 Å². The zero-order chi connectivity index (χ0) is 21.1. The zero-order valence-electron chi connectivity index (χ0n) is 15.3. The predicted octanol–water partition coefficient (Wildman–Crippen LogP) is 2.32. The molecule has 0 saturated carbocycles. The molecule has 0 aliphatic carbocycles. The second kappa shape index (κ2) is 8.37. The van der Waals surface area contributed by atoms with Gasteiger partial charge >= 0.3 is 12.2 Å². The number of alkyl halides is 3. The van der Waals surface area contributed by atoms with Crippen molar-refractivity contribution < 1.29 is 26.4 Å². The lowest BCUT2D eigenvalue weighted by Crippen LogP contribution is -2.52. The number of amides is 2. The number of nitrogens with one attached hydrogen (secondary N) is 1. The quantitative estimate of drug-likeness (QED) is 0.810. The number of aromatic nitrogens is 1. The van der Waals surface area contributed by atoms with Gasteiger partial charge in [0, 0.05) is 45.1 Å². The number of halogens is 3. The van der Waals surface area contributed by atoms with E-state index in [0.717, 1.165) is 12.1 Å². The van der Waals surface area contributed by atoms with Crippen molar-refractivity contribution in [3.05, 3.63) is 59.9 Å². The SMILES string of the molecule is O=C(NCc1cccc(C(F)(F)F)c1)N1CCN(S(=O)(=O)c2cccnc2)CC1. The molecule has 1 saturated heterocycles. The molecule has 29 heavy (non-hydrogen) atoms. The smallest absolute Gasteiger partial charge is 0.334 e. The number of pyridine rings is 1. The van der Waals surface area contributed by atoms with E-state index in [1.54, 1.807) is 0 Å². The van der Waals surface area contributed by atoms with Crippen LogP contribution in [0.2, 0.25) is 0 Å². The number of piperazine rings is 1. The molecule has 0 atom stereocenters. The number of carbonyl (C=O) groups is 1. The number of benzene rings is 1. The summed E-state index contributed by atoms with van der Waals surface area (Å²) in [6.45, 7) is 0.529. The Morgan fingerprint density at radius 1 is 1.10 bits per heavy atom. The number of carbonyl (C=O) groups excluding carboxylic acids is 1. The molecule has 1 aliphatic heterocycles. The standard InChI is InChI=1S/C18H19F3N4O3S/c19-18(20,21)15-4-1-3-14(11-15)12-23-17(26)24-7-9-25(10-8-24)29(27,28)16-5-2-6-22-13-16/h1-6,11,13H,7-10,12H2,(H,23,26). The van der Waals surface area contributed by atoms with E-state index in [4.69, 9.17) is 0 Å². The van der Waals surface area contributed by atoms with Gasteiger partial charge in [0.05, 0.1) is 5.56 Å². The van der Waals surface area contributed by atoms with Crippen molar-refractivity contribution in [2.45, 2.75) is 17.6 Å². The molecule has 1 N–H and O–H groups in total. The van der Waals surface area contributed by atoms with Gasteiger partial charge in [-0.1, -0.05) is 12.1 Å². The zero-order valence-corrected chi connectivity index (χ0v) is 16.1. The third-order valence-corrected chi connectivity index (χ3v) is 6.38. The van der Waals surface area contributed by atoms with E-state index in [1.807, 2.05) is 0 Å². The number of urea groups is 1. The highest BCUT2D eigenvalue weighted by molar-refractivity contribution is 7.89.